The average Bonchev–Trinajstić information content (AvgIpc) is 2.83. The fourth-order valence-corrected chi connectivity index (χ4v) is 6.61. The molecule has 0 radical (unpaired) electrons. The Morgan fingerprint density at radius 1 is 0.971 bits per heavy atom. The molecule has 0 N–H and O–H groups in total. The third kappa shape index (κ3) is 5.47. The highest BCUT2D eigenvalue weighted by Gasteiger charge is 2.51. The van der Waals surface area contributed by atoms with Gasteiger partial charge in [0.05, 0.1) is 19.3 Å². The second kappa shape index (κ2) is 11.0. The third-order valence-electron chi connectivity index (χ3n) is 8.45. The van der Waals surface area contributed by atoms with Crippen LogP contribution in [0, 0.1) is 35.3 Å². The number of hydrogen-bond acceptors (Lipinski definition) is 2. The molecule has 0 amide bonds. The van der Waals surface area contributed by atoms with Crippen LogP contribution in [0.15, 0.2) is 24.3 Å². The molecule has 4 unspecified atom stereocenters. The van der Waals surface area contributed by atoms with Gasteiger partial charge in [0.2, 0.25) is 5.82 Å². The predicted octanol–water partition coefficient (Wildman–Crippen LogP) is 8.06. The van der Waals surface area contributed by atoms with Crippen LogP contribution >= 0.6 is 0 Å². The summed E-state index contributed by atoms with van der Waals surface area (Å²) in [5, 5.41) is 0. The highest BCUT2D eigenvalue weighted by Crippen LogP contribution is 2.50. The molecule has 0 spiro atoms. The molecule has 4 rings (SSSR count). The molecule has 6 heteroatoms. The fourth-order valence-electron chi connectivity index (χ4n) is 6.61. The molecule has 2 saturated carbocycles. The molecule has 0 bridgehead atoms. The first-order chi connectivity index (χ1) is 16.3. The van der Waals surface area contributed by atoms with Crippen molar-refractivity contribution in [2.75, 3.05) is 13.2 Å². The highest BCUT2D eigenvalue weighted by molar-refractivity contribution is 5.33. The lowest BCUT2D eigenvalue weighted by atomic mass is 9.66. The number of alkyl halides is 2. The normalized spacial score (nSPS) is 34.3. The van der Waals surface area contributed by atoms with Crippen molar-refractivity contribution in [1.82, 2.24) is 0 Å². The van der Waals surface area contributed by atoms with E-state index in [2.05, 4.69) is 12.2 Å². The van der Waals surface area contributed by atoms with Crippen LogP contribution in [0.25, 0.3) is 0 Å². The Labute approximate surface area is 201 Å². The van der Waals surface area contributed by atoms with Crippen LogP contribution in [0.5, 0.6) is 5.75 Å². The summed E-state index contributed by atoms with van der Waals surface area (Å²) in [6.45, 7) is 4.13. The highest BCUT2D eigenvalue weighted by atomic mass is 19.3. The van der Waals surface area contributed by atoms with Crippen molar-refractivity contribution in [2.24, 2.45) is 23.7 Å². The van der Waals surface area contributed by atoms with Crippen LogP contribution in [-0.4, -0.2) is 25.2 Å². The van der Waals surface area contributed by atoms with Crippen molar-refractivity contribution in [3.63, 3.8) is 0 Å². The van der Waals surface area contributed by atoms with Crippen LogP contribution in [0.1, 0.15) is 83.1 Å². The minimum Gasteiger partial charge on any atom is -0.491 e. The second-order valence-electron chi connectivity index (χ2n) is 10.5. The van der Waals surface area contributed by atoms with Gasteiger partial charge in [-0.1, -0.05) is 18.2 Å². The lowest BCUT2D eigenvalue weighted by molar-refractivity contribution is -0.169. The fraction of sp³-hybridized carbons (Fsp3) is 0.714. The topological polar surface area (TPSA) is 18.5 Å². The minimum absolute atomic E-state index is 0.0430. The summed E-state index contributed by atoms with van der Waals surface area (Å²) in [6.07, 6.45) is 10.4. The van der Waals surface area contributed by atoms with Crippen molar-refractivity contribution in [3.8, 4) is 5.75 Å². The molecule has 34 heavy (non-hydrogen) atoms. The van der Waals surface area contributed by atoms with Gasteiger partial charge in [-0.25, -0.2) is 13.2 Å². The first-order valence-electron chi connectivity index (χ1n) is 13.1. The molecule has 0 aromatic heterocycles. The Hall–Kier alpha value is -1.56. The largest absolute Gasteiger partial charge is 0.491 e. The van der Waals surface area contributed by atoms with Crippen LogP contribution < -0.4 is 4.74 Å². The Morgan fingerprint density at radius 2 is 1.71 bits per heavy atom. The zero-order valence-electron chi connectivity index (χ0n) is 20.4. The number of halogens is 4. The molecular weight excluding hydrogens is 444 g/mol. The van der Waals surface area contributed by atoms with Gasteiger partial charge < -0.3 is 9.47 Å². The monoisotopic (exact) mass is 482 g/mol. The van der Waals surface area contributed by atoms with Crippen LogP contribution in [-0.2, 0) is 4.74 Å². The van der Waals surface area contributed by atoms with Gasteiger partial charge in [0.1, 0.15) is 0 Å². The second-order valence-corrected chi connectivity index (χ2v) is 10.5. The van der Waals surface area contributed by atoms with Gasteiger partial charge in [0.15, 0.2) is 11.6 Å². The van der Waals surface area contributed by atoms with Crippen LogP contribution in [0.3, 0.4) is 0 Å². The maximum atomic E-state index is 15.3. The van der Waals surface area contributed by atoms with E-state index in [0.29, 0.717) is 31.1 Å². The van der Waals surface area contributed by atoms with E-state index in [1.54, 1.807) is 6.92 Å². The summed E-state index contributed by atoms with van der Waals surface area (Å²) in [7, 11) is 0. The number of benzene rings is 1. The lowest BCUT2D eigenvalue weighted by Crippen LogP contribution is -2.46. The first-order valence-corrected chi connectivity index (χ1v) is 13.1. The van der Waals surface area contributed by atoms with Gasteiger partial charge >= 0.3 is 0 Å². The zero-order chi connectivity index (χ0) is 24.3. The standard InChI is InChI=1S/C28H38F4O2/c1-3-5-18-6-8-19(9-7-18)20-10-13-23(28(31,32)16-20)24-14-11-21(17-34-24)22-12-15-25(33-4-2)27(30)26(22)29/h3,5,12,15,18-21,23-24H,4,6-11,13-14,16-17H2,1-2H3/b5-3+. The third-order valence-corrected chi connectivity index (χ3v) is 8.45. The molecule has 3 fully saturated rings. The van der Waals surface area contributed by atoms with E-state index in [1.807, 2.05) is 6.92 Å². The van der Waals surface area contributed by atoms with Crippen molar-refractivity contribution in [2.45, 2.75) is 89.6 Å². The number of rotatable bonds is 6. The summed E-state index contributed by atoms with van der Waals surface area (Å²) < 4.78 is 70.5. The summed E-state index contributed by atoms with van der Waals surface area (Å²) in [5.41, 5.74) is 0.239. The van der Waals surface area contributed by atoms with Gasteiger partial charge in [0, 0.05) is 18.3 Å². The molecule has 190 valence electrons. The first kappa shape index (κ1) is 25.5. The van der Waals surface area contributed by atoms with E-state index in [0.717, 1.165) is 32.1 Å². The number of hydrogen-bond donors (Lipinski definition) is 0. The molecule has 1 saturated heterocycles. The molecule has 1 aliphatic heterocycles. The smallest absolute Gasteiger partial charge is 0.253 e. The van der Waals surface area contributed by atoms with Crippen LogP contribution in [0.2, 0.25) is 0 Å². The number of allylic oxidation sites excluding steroid dienone is 2. The molecule has 4 atom stereocenters. The molecule has 2 aliphatic carbocycles. The maximum Gasteiger partial charge on any atom is 0.253 e. The Balaban J connectivity index is 1.32. The Bertz CT molecular complexity index is 839. The van der Waals surface area contributed by atoms with Crippen LogP contribution in [0.4, 0.5) is 17.6 Å². The minimum atomic E-state index is -2.74. The van der Waals surface area contributed by atoms with Gasteiger partial charge in [-0.05, 0) is 94.6 Å². The van der Waals surface area contributed by atoms with Gasteiger partial charge in [0.25, 0.3) is 5.92 Å². The van der Waals surface area contributed by atoms with Gasteiger partial charge in [-0.3, -0.25) is 0 Å². The quantitative estimate of drug-likeness (QED) is 0.302. The number of ether oxygens (including phenoxy) is 2. The summed E-state index contributed by atoms with van der Waals surface area (Å²) in [6, 6.07) is 2.97. The van der Waals surface area contributed by atoms with E-state index in [-0.39, 0.29) is 42.8 Å². The SMILES string of the molecule is C/C=C/C1CCC(C2CCC(C3CCC(c4ccc(OCC)c(F)c4F)CO3)C(F)(F)C2)CC1. The average molecular weight is 483 g/mol. The van der Waals surface area contributed by atoms with E-state index >= 15 is 8.78 Å². The molecule has 1 aromatic carbocycles. The van der Waals surface area contributed by atoms with E-state index in [1.165, 1.54) is 12.1 Å². The van der Waals surface area contributed by atoms with Gasteiger partial charge in [-0.2, -0.15) is 4.39 Å². The summed E-state index contributed by atoms with van der Waals surface area (Å²) >= 11 is 0. The molecule has 2 nitrogen and oxygen atoms in total. The molecular formula is C28H38F4O2. The molecule has 1 aromatic rings. The van der Waals surface area contributed by atoms with Gasteiger partial charge in [-0.15, -0.1) is 0 Å². The maximum absolute atomic E-state index is 15.3. The summed E-state index contributed by atoms with van der Waals surface area (Å²) in [5.74, 6) is -4.78. The van der Waals surface area contributed by atoms with Crippen molar-refractivity contribution in [1.29, 1.82) is 0 Å². The Morgan fingerprint density at radius 3 is 2.32 bits per heavy atom. The lowest BCUT2D eigenvalue weighted by Gasteiger charge is -2.45. The Kier molecular flexibility index (Phi) is 8.27. The molecule has 1 heterocycles. The van der Waals surface area contributed by atoms with Crippen molar-refractivity contribution in [3.05, 3.63) is 41.5 Å². The summed E-state index contributed by atoms with van der Waals surface area (Å²) in [4.78, 5) is 0. The molecule has 3 aliphatic rings. The van der Waals surface area contributed by atoms with Crippen molar-refractivity contribution < 1.29 is 27.0 Å². The predicted molar refractivity (Wildman–Crippen MR) is 125 cm³/mol. The van der Waals surface area contributed by atoms with E-state index in [4.69, 9.17) is 9.47 Å². The van der Waals surface area contributed by atoms with Crippen molar-refractivity contribution >= 4 is 0 Å². The zero-order valence-corrected chi connectivity index (χ0v) is 20.4. The van der Waals surface area contributed by atoms with E-state index in [9.17, 15) is 8.78 Å². The van der Waals surface area contributed by atoms with E-state index < -0.39 is 29.6 Å².